The fourth-order valence-corrected chi connectivity index (χ4v) is 3.41. The van der Waals surface area contributed by atoms with E-state index in [0.29, 0.717) is 5.69 Å². The number of para-hydroxylation sites is 1. The maximum atomic E-state index is 10.8. The zero-order valence-electron chi connectivity index (χ0n) is 12.3. The Kier molecular flexibility index (Phi) is 3.92. The van der Waals surface area contributed by atoms with Crippen LogP contribution in [0.25, 0.3) is 10.9 Å². The number of nitrogens with one attached hydrogen (secondary N) is 2. The van der Waals surface area contributed by atoms with Gasteiger partial charge in [-0.1, -0.05) is 18.2 Å². The molecule has 3 atom stereocenters. The highest BCUT2D eigenvalue weighted by Gasteiger charge is 2.36. The summed E-state index contributed by atoms with van der Waals surface area (Å²) in [6.45, 7) is 3.60. The fraction of sp³-hybridized carbons (Fsp3) is 0.500. The predicted octanol–water partition coefficient (Wildman–Crippen LogP) is 2.06. The summed E-state index contributed by atoms with van der Waals surface area (Å²) in [4.78, 5) is 10.8. The molecule has 4 N–H and O–H groups in total. The Morgan fingerprint density at radius 3 is 2.71 bits per heavy atom. The molecule has 0 radical (unpaired) electrons. The Morgan fingerprint density at radius 1 is 1.29 bits per heavy atom. The van der Waals surface area contributed by atoms with E-state index in [1.807, 2.05) is 18.2 Å². The van der Waals surface area contributed by atoms with E-state index in [9.17, 15) is 4.79 Å². The van der Waals surface area contributed by atoms with Crippen molar-refractivity contribution in [2.24, 2.45) is 17.6 Å². The Bertz CT molecular complexity index is 630. The molecule has 2 aliphatic rings. The molecule has 112 valence electrons. The fourth-order valence-electron chi connectivity index (χ4n) is 3.41. The van der Waals surface area contributed by atoms with Crippen molar-refractivity contribution >= 4 is 16.8 Å². The molecule has 0 spiro atoms. The first-order valence-electron chi connectivity index (χ1n) is 7.63. The molecule has 4 rings (SSSR count). The molecule has 1 aromatic heterocycles. The van der Waals surface area contributed by atoms with Crippen LogP contribution in [0.5, 0.6) is 0 Å². The maximum absolute atomic E-state index is 10.8. The number of aromatic nitrogens is 2. The van der Waals surface area contributed by atoms with E-state index in [0.717, 1.165) is 28.8 Å². The summed E-state index contributed by atoms with van der Waals surface area (Å²) >= 11 is 0. The summed E-state index contributed by atoms with van der Waals surface area (Å²) in [6, 6.07) is 8.17. The molecule has 3 unspecified atom stereocenters. The molecule has 1 aliphatic heterocycles. The molecule has 5 heteroatoms. The third-order valence-corrected chi connectivity index (χ3v) is 4.80. The van der Waals surface area contributed by atoms with Gasteiger partial charge in [0.1, 0.15) is 0 Å². The van der Waals surface area contributed by atoms with Gasteiger partial charge in [-0.05, 0) is 50.6 Å². The Morgan fingerprint density at radius 2 is 2.10 bits per heavy atom. The first-order valence-corrected chi connectivity index (χ1v) is 7.63. The standard InChI is InChI=1S/C8H7N3O.C8H15N/c9-8(12)7-5-3-1-2-4-6(5)10-11-7;1-6-8-3-2-7(8)4-5-9-6/h1-4H,(H2,9,12)(H,10,11);6-9H,2-5H2,1H3. The number of fused-ring (bicyclic) bond motifs is 2. The van der Waals surface area contributed by atoms with Crippen LogP contribution in [-0.2, 0) is 0 Å². The van der Waals surface area contributed by atoms with Gasteiger partial charge in [-0.2, -0.15) is 5.10 Å². The summed E-state index contributed by atoms with van der Waals surface area (Å²) < 4.78 is 0. The molecule has 5 nitrogen and oxygen atoms in total. The zero-order valence-corrected chi connectivity index (χ0v) is 12.3. The Hall–Kier alpha value is -1.88. The smallest absolute Gasteiger partial charge is 0.269 e. The summed E-state index contributed by atoms with van der Waals surface area (Å²) in [5.74, 6) is 1.63. The van der Waals surface area contributed by atoms with Crippen LogP contribution in [0.4, 0.5) is 0 Å². The number of hydrogen-bond donors (Lipinski definition) is 3. The number of carbonyl (C=O) groups is 1. The molecular formula is C16H22N4O. The van der Waals surface area contributed by atoms with Crippen LogP contribution in [-0.4, -0.2) is 28.7 Å². The van der Waals surface area contributed by atoms with Gasteiger partial charge >= 0.3 is 0 Å². The Balaban J connectivity index is 0.000000131. The number of nitrogens with zero attached hydrogens (tertiary/aromatic N) is 1. The quantitative estimate of drug-likeness (QED) is 0.750. The first-order chi connectivity index (χ1) is 10.2. The highest BCUT2D eigenvalue weighted by Crippen LogP contribution is 2.40. The van der Waals surface area contributed by atoms with Crippen LogP contribution < -0.4 is 11.1 Å². The van der Waals surface area contributed by atoms with Crippen molar-refractivity contribution in [3.05, 3.63) is 30.0 Å². The van der Waals surface area contributed by atoms with E-state index < -0.39 is 5.91 Å². The Labute approximate surface area is 124 Å². The molecular weight excluding hydrogens is 264 g/mol. The predicted molar refractivity (Wildman–Crippen MR) is 82.9 cm³/mol. The third kappa shape index (κ3) is 2.78. The normalized spacial score (nSPS) is 27.2. The molecule has 2 heterocycles. The van der Waals surface area contributed by atoms with E-state index in [1.165, 1.54) is 25.8 Å². The minimum atomic E-state index is -0.507. The number of benzene rings is 1. The number of rotatable bonds is 1. The zero-order chi connectivity index (χ0) is 14.8. The second-order valence-corrected chi connectivity index (χ2v) is 6.01. The van der Waals surface area contributed by atoms with E-state index in [1.54, 1.807) is 6.07 Å². The average molecular weight is 286 g/mol. The number of aromatic amines is 1. The molecule has 1 saturated heterocycles. The topological polar surface area (TPSA) is 83.8 Å². The maximum Gasteiger partial charge on any atom is 0.269 e. The van der Waals surface area contributed by atoms with Crippen molar-refractivity contribution in [3.63, 3.8) is 0 Å². The lowest BCUT2D eigenvalue weighted by Crippen LogP contribution is -2.48. The molecule has 0 bridgehead atoms. The molecule has 1 aliphatic carbocycles. The summed E-state index contributed by atoms with van der Waals surface area (Å²) in [6.07, 6.45) is 4.44. The summed E-state index contributed by atoms with van der Waals surface area (Å²) in [5.41, 5.74) is 6.22. The summed E-state index contributed by atoms with van der Waals surface area (Å²) in [5, 5.41) is 10.8. The number of primary amides is 1. The molecule has 2 aromatic rings. The van der Waals surface area contributed by atoms with Gasteiger partial charge in [0.25, 0.3) is 5.91 Å². The minimum Gasteiger partial charge on any atom is -0.364 e. The van der Waals surface area contributed by atoms with Gasteiger partial charge in [0, 0.05) is 11.4 Å². The van der Waals surface area contributed by atoms with E-state index in [2.05, 4.69) is 22.4 Å². The van der Waals surface area contributed by atoms with E-state index in [-0.39, 0.29) is 0 Å². The SMILES string of the molecule is CC1NCCC2CCC21.NC(=O)c1n[nH]c2ccccc12. The highest BCUT2D eigenvalue weighted by molar-refractivity contribution is 6.03. The molecule has 1 aromatic carbocycles. The lowest BCUT2D eigenvalue weighted by molar-refractivity contribution is 0.0894. The van der Waals surface area contributed by atoms with Gasteiger partial charge in [0.2, 0.25) is 0 Å². The summed E-state index contributed by atoms with van der Waals surface area (Å²) in [7, 11) is 0. The monoisotopic (exact) mass is 286 g/mol. The lowest BCUT2D eigenvalue weighted by atomic mass is 9.67. The number of H-pyrrole nitrogens is 1. The number of hydrogen-bond acceptors (Lipinski definition) is 3. The second-order valence-electron chi connectivity index (χ2n) is 6.01. The van der Waals surface area contributed by atoms with Gasteiger partial charge in [0.15, 0.2) is 5.69 Å². The van der Waals surface area contributed by atoms with Crippen LogP contribution >= 0.6 is 0 Å². The minimum absolute atomic E-state index is 0.297. The van der Waals surface area contributed by atoms with Crippen molar-refractivity contribution in [2.45, 2.75) is 32.2 Å². The van der Waals surface area contributed by atoms with Crippen molar-refractivity contribution in [1.29, 1.82) is 0 Å². The average Bonchev–Trinajstić information content (AvgIpc) is 2.86. The highest BCUT2D eigenvalue weighted by atomic mass is 16.1. The van der Waals surface area contributed by atoms with E-state index in [4.69, 9.17) is 5.73 Å². The molecule has 21 heavy (non-hydrogen) atoms. The first kappa shape index (κ1) is 14.1. The van der Waals surface area contributed by atoms with Gasteiger partial charge in [-0.15, -0.1) is 0 Å². The van der Waals surface area contributed by atoms with Crippen LogP contribution in [0, 0.1) is 11.8 Å². The largest absolute Gasteiger partial charge is 0.364 e. The third-order valence-electron chi connectivity index (χ3n) is 4.80. The van der Waals surface area contributed by atoms with Crippen LogP contribution in [0.1, 0.15) is 36.7 Å². The van der Waals surface area contributed by atoms with E-state index >= 15 is 0 Å². The molecule has 2 fully saturated rings. The molecule has 1 saturated carbocycles. The number of carbonyl (C=O) groups excluding carboxylic acids is 1. The van der Waals surface area contributed by atoms with Crippen molar-refractivity contribution < 1.29 is 4.79 Å². The van der Waals surface area contributed by atoms with Crippen molar-refractivity contribution in [1.82, 2.24) is 15.5 Å². The molecule has 1 amide bonds. The lowest BCUT2D eigenvalue weighted by Gasteiger charge is -2.45. The van der Waals surface area contributed by atoms with Gasteiger partial charge in [-0.25, -0.2) is 0 Å². The van der Waals surface area contributed by atoms with Gasteiger partial charge in [-0.3, -0.25) is 9.89 Å². The number of piperidine rings is 1. The van der Waals surface area contributed by atoms with Crippen molar-refractivity contribution in [2.75, 3.05) is 6.54 Å². The van der Waals surface area contributed by atoms with Crippen LogP contribution in [0.2, 0.25) is 0 Å². The van der Waals surface area contributed by atoms with Gasteiger partial charge in [0.05, 0.1) is 5.52 Å². The van der Waals surface area contributed by atoms with Crippen molar-refractivity contribution in [3.8, 4) is 0 Å². The van der Waals surface area contributed by atoms with Crippen LogP contribution in [0.3, 0.4) is 0 Å². The van der Waals surface area contributed by atoms with Crippen LogP contribution in [0.15, 0.2) is 24.3 Å². The van der Waals surface area contributed by atoms with Gasteiger partial charge < -0.3 is 11.1 Å². The number of amides is 1. The number of nitrogens with two attached hydrogens (primary N) is 1. The second kappa shape index (κ2) is 5.85.